The minimum absolute atomic E-state index is 0.0851. The maximum Gasteiger partial charge on any atom is 0.146 e. The molecule has 1 N–H and O–H groups in total. The van der Waals surface area contributed by atoms with Crippen LogP contribution in [0.25, 0.3) is 0 Å². The van der Waals surface area contributed by atoms with Crippen molar-refractivity contribution in [3.8, 4) is 5.75 Å². The highest BCUT2D eigenvalue weighted by Crippen LogP contribution is 2.38. The van der Waals surface area contributed by atoms with E-state index < -0.39 is 5.82 Å². The molecule has 1 aliphatic rings. The number of anilines is 1. The lowest BCUT2D eigenvalue weighted by Gasteiger charge is -2.27. The first kappa shape index (κ1) is 12.1. The summed E-state index contributed by atoms with van der Waals surface area (Å²) < 4.78 is 19.8. The van der Waals surface area contributed by atoms with E-state index in [0.717, 1.165) is 5.56 Å². The molecule has 0 bridgehead atoms. The molecule has 0 radical (unpaired) electrons. The minimum Gasteiger partial charge on any atom is -0.482 e. The average Bonchev–Trinajstić information content (AvgIpc) is 2.77. The molecule has 18 heavy (non-hydrogen) atoms. The second kappa shape index (κ2) is 4.61. The molecular weight excluding hydrogens is 296 g/mol. The predicted octanol–water partition coefficient (Wildman–Crippen LogP) is 4.74. The van der Waals surface area contributed by atoms with Crippen LogP contribution in [0.4, 0.5) is 10.1 Å². The normalized spacial score (nSPS) is 17.8. The van der Waals surface area contributed by atoms with Gasteiger partial charge in [-0.25, -0.2) is 4.39 Å². The van der Waals surface area contributed by atoms with Crippen LogP contribution in [0.2, 0.25) is 9.36 Å². The zero-order valence-electron chi connectivity index (χ0n) is 9.04. The van der Waals surface area contributed by atoms with Crippen LogP contribution < -0.4 is 10.1 Å². The summed E-state index contributed by atoms with van der Waals surface area (Å²) in [6, 6.07) is 4.68. The van der Waals surface area contributed by atoms with Gasteiger partial charge in [0.25, 0.3) is 0 Å². The Morgan fingerprint density at radius 1 is 1.33 bits per heavy atom. The van der Waals surface area contributed by atoms with Crippen molar-refractivity contribution in [2.24, 2.45) is 0 Å². The highest BCUT2D eigenvalue weighted by atomic mass is 35.5. The maximum absolute atomic E-state index is 13.4. The summed E-state index contributed by atoms with van der Waals surface area (Å²) >= 11 is 13.1. The van der Waals surface area contributed by atoms with E-state index in [-0.39, 0.29) is 11.1 Å². The quantitative estimate of drug-likeness (QED) is 0.821. The Balaban J connectivity index is 1.91. The molecule has 0 saturated carbocycles. The molecule has 0 saturated heterocycles. The van der Waals surface area contributed by atoms with Gasteiger partial charge in [0, 0.05) is 11.6 Å². The van der Waals surface area contributed by atoms with Crippen molar-refractivity contribution >= 4 is 40.2 Å². The molecule has 3 rings (SSSR count). The van der Waals surface area contributed by atoms with Crippen molar-refractivity contribution in [2.45, 2.75) is 6.10 Å². The number of fused-ring (bicyclic) bond motifs is 1. The summed E-state index contributed by atoms with van der Waals surface area (Å²) in [5, 5.41) is 5.20. The van der Waals surface area contributed by atoms with Crippen molar-refractivity contribution in [2.75, 3.05) is 11.9 Å². The van der Waals surface area contributed by atoms with Gasteiger partial charge in [-0.3, -0.25) is 0 Å². The monoisotopic (exact) mass is 303 g/mol. The van der Waals surface area contributed by atoms with Crippen LogP contribution in [-0.4, -0.2) is 6.54 Å². The lowest BCUT2D eigenvalue weighted by Crippen LogP contribution is -2.23. The van der Waals surface area contributed by atoms with Crippen LogP contribution in [0.1, 0.15) is 11.7 Å². The summed E-state index contributed by atoms with van der Waals surface area (Å²) in [6.45, 7) is 0.599. The molecule has 2 aromatic rings. The fourth-order valence-electron chi connectivity index (χ4n) is 1.84. The van der Waals surface area contributed by atoms with Gasteiger partial charge in [0.15, 0.2) is 0 Å². The topological polar surface area (TPSA) is 21.3 Å². The number of hydrogen-bond acceptors (Lipinski definition) is 3. The van der Waals surface area contributed by atoms with Crippen molar-refractivity contribution in [1.82, 2.24) is 0 Å². The van der Waals surface area contributed by atoms with Crippen LogP contribution in [0.3, 0.4) is 0 Å². The highest BCUT2D eigenvalue weighted by Gasteiger charge is 2.23. The molecule has 2 nitrogen and oxygen atoms in total. The molecule has 0 amide bonds. The fourth-order valence-corrected chi connectivity index (χ4v) is 2.94. The molecule has 0 fully saturated rings. The molecule has 1 aromatic carbocycles. The lowest BCUT2D eigenvalue weighted by atomic mass is 10.1. The third-order valence-corrected chi connectivity index (χ3v) is 4.13. The standard InChI is InChI=1S/C12H8Cl2FNOS/c13-7-2-9-10(3-8(7)15)17-11(4-16-9)6-1-12(14)18-5-6/h1-3,5,11,16H,4H2. The number of ether oxygens (including phenoxy) is 1. The van der Waals surface area contributed by atoms with Crippen molar-refractivity contribution < 1.29 is 9.13 Å². The van der Waals surface area contributed by atoms with Gasteiger partial charge in [-0.2, -0.15) is 0 Å². The molecule has 6 heteroatoms. The summed E-state index contributed by atoms with van der Waals surface area (Å²) in [4.78, 5) is 0. The molecule has 1 unspecified atom stereocenters. The number of hydrogen-bond donors (Lipinski definition) is 1. The minimum atomic E-state index is -0.485. The van der Waals surface area contributed by atoms with Gasteiger partial charge in [0.1, 0.15) is 17.7 Å². The largest absolute Gasteiger partial charge is 0.482 e. The number of halogens is 3. The number of benzene rings is 1. The van der Waals surface area contributed by atoms with Crippen molar-refractivity contribution in [3.63, 3.8) is 0 Å². The Hall–Kier alpha value is -0.970. The van der Waals surface area contributed by atoms with Gasteiger partial charge in [0.2, 0.25) is 0 Å². The highest BCUT2D eigenvalue weighted by molar-refractivity contribution is 7.14. The van der Waals surface area contributed by atoms with E-state index in [9.17, 15) is 4.39 Å². The van der Waals surface area contributed by atoms with E-state index in [0.29, 0.717) is 22.3 Å². The van der Waals surface area contributed by atoms with Gasteiger partial charge in [0.05, 0.1) is 21.6 Å². The van der Waals surface area contributed by atoms with Crippen LogP contribution in [0, 0.1) is 5.82 Å². The zero-order chi connectivity index (χ0) is 12.7. The molecule has 1 atom stereocenters. The van der Waals surface area contributed by atoms with Gasteiger partial charge >= 0.3 is 0 Å². The van der Waals surface area contributed by atoms with Gasteiger partial charge < -0.3 is 10.1 Å². The van der Waals surface area contributed by atoms with Gasteiger partial charge in [-0.05, 0) is 17.5 Å². The third kappa shape index (κ3) is 2.16. The molecule has 2 heterocycles. The maximum atomic E-state index is 13.4. The molecule has 0 spiro atoms. The van der Waals surface area contributed by atoms with E-state index in [1.54, 1.807) is 0 Å². The van der Waals surface area contributed by atoms with E-state index >= 15 is 0 Å². The third-order valence-electron chi connectivity index (χ3n) is 2.73. The number of rotatable bonds is 1. The Labute approximate surface area is 117 Å². The Kier molecular flexibility index (Phi) is 3.09. The van der Waals surface area contributed by atoms with E-state index in [1.165, 1.54) is 23.5 Å². The second-order valence-corrected chi connectivity index (χ2v) is 5.88. The van der Waals surface area contributed by atoms with Crippen LogP contribution in [0.15, 0.2) is 23.6 Å². The first-order chi connectivity index (χ1) is 8.63. The smallest absolute Gasteiger partial charge is 0.146 e. The van der Waals surface area contributed by atoms with Crippen LogP contribution in [-0.2, 0) is 0 Å². The summed E-state index contributed by atoms with van der Waals surface area (Å²) in [6.07, 6.45) is -0.165. The van der Waals surface area contributed by atoms with E-state index in [4.69, 9.17) is 27.9 Å². The Bertz CT molecular complexity index is 602. The fraction of sp³-hybridized carbons (Fsp3) is 0.167. The molecule has 94 valence electrons. The lowest BCUT2D eigenvalue weighted by molar-refractivity contribution is 0.210. The van der Waals surface area contributed by atoms with Gasteiger partial charge in [-0.15, -0.1) is 11.3 Å². The van der Waals surface area contributed by atoms with Crippen LogP contribution in [0.5, 0.6) is 5.75 Å². The van der Waals surface area contributed by atoms with Crippen molar-refractivity contribution in [3.05, 3.63) is 44.3 Å². The second-order valence-electron chi connectivity index (χ2n) is 3.93. The summed E-state index contributed by atoms with van der Waals surface area (Å²) in [7, 11) is 0. The first-order valence-electron chi connectivity index (χ1n) is 5.27. The van der Waals surface area contributed by atoms with E-state index in [1.807, 2.05) is 11.4 Å². The predicted molar refractivity (Wildman–Crippen MR) is 72.6 cm³/mol. The van der Waals surface area contributed by atoms with Crippen LogP contribution >= 0.6 is 34.5 Å². The molecule has 1 aromatic heterocycles. The molecule has 0 aliphatic carbocycles. The molecule has 1 aliphatic heterocycles. The van der Waals surface area contributed by atoms with Gasteiger partial charge in [-0.1, -0.05) is 23.2 Å². The number of thiophene rings is 1. The SMILES string of the molecule is Fc1cc2c(cc1Cl)NCC(c1csc(Cl)c1)O2. The average molecular weight is 304 g/mol. The summed E-state index contributed by atoms with van der Waals surface area (Å²) in [5.74, 6) is -0.0170. The molecular formula is C12H8Cl2FNOS. The Morgan fingerprint density at radius 3 is 2.89 bits per heavy atom. The number of nitrogens with one attached hydrogen (secondary N) is 1. The van der Waals surface area contributed by atoms with Crippen molar-refractivity contribution in [1.29, 1.82) is 0 Å². The zero-order valence-corrected chi connectivity index (χ0v) is 11.4. The Morgan fingerprint density at radius 2 is 2.17 bits per heavy atom. The first-order valence-corrected chi connectivity index (χ1v) is 6.90. The van der Waals surface area contributed by atoms with E-state index in [2.05, 4.69) is 5.32 Å². The summed E-state index contributed by atoms with van der Waals surface area (Å²) in [5.41, 5.74) is 1.69.